The maximum Gasteiger partial charge on any atom is 0.270 e. The van der Waals surface area contributed by atoms with E-state index in [9.17, 15) is 9.59 Å². The molecule has 1 aromatic heterocycles. The van der Waals surface area contributed by atoms with Gasteiger partial charge in [0.2, 0.25) is 5.91 Å². The minimum Gasteiger partial charge on any atom is -0.398 e. The number of carbonyl (C=O) groups excluding carboxylic acids is 2. The second-order valence-corrected chi connectivity index (χ2v) is 9.02. The van der Waals surface area contributed by atoms with E-state index in [0.29, 0.717) is 11.4 Å². The molecule has 1 aromatic carbocycles. The molecule has 0 atom stereocenters. The van der Waals surface area contributed by atoms with E-state index in [2.05, 4.69) is 36.4 Å². The average molecular weight is 383 g/mol. The summed E-state index contributed by atoms with van der Waals surface area (Å²) in [7, 11) is 0. The van der Waals surface area contributed by atoms with Crippen molar-refractivity contribution in [3.63, 3.8) is 0 Å². The maximum absolute atomic E-state index is 12.4. The van der Waals surface area contributed by atoms with Gasteiger partial charge in [0.05, 0.1) is 6.42 Å². The first-order valence-corrected chi connectivity index (χ1v) is 9.32. The zero-order valence-corrected chi connectivity index (χ0v) is 17.5. The van der Waals surface area contributed by atoms with Crippen LogP contribution in [0.4, 0.5) is 11.4 Å². The van der Waals surface area contributed by atoms with Gasteiger partial charge in [0.25, 0.3) is 5.91 Å². The van der Waals surface area contributed by atoms with E-state index in [4.69, 9.17) is 5.73 Å². The first kappa shape index (κ1) is 21.4. The van der Waals surface area contributed by atoms with Crippen LogP contribution >= 0.6 is 0 Å². The Morgan fingerprint density at radius 3 is 2.29 bits per heavy atom. The Hall–Kier alpha value is -2.89. The van der Waals surface area contributed by atoms with Gasteiger partial charge >= 0.3 is 0 Å². The number of nitrogens with two attached hydrogens (primary N) is 1. The molecule has 2 amide bonds. The summed E-state index contributed by atoms with van der Waals surface area (Å²) in [5.74, 6) is -0.491. The summed E-state index contributed by atoms with van der Waals surface area (Å²) in [6.45, 7) is 12.0. The molecule has 0 unspecified atom stereocenters. The van der Waals surface area contributed by atoms with Crippen LogP contribution in [0, 0.1) is 0 Å². The number of aromatic nitrogens is 1. The van der Waals surface area contributed by atoms with Gasteiger partial charge in [-0.05, 0) is 55.5 Å². The first-order valence-electron chi connectivity index (χ1n) is 9.32. The molecule has 0 radical (unpaired) electrons. The van der Waals surface area contributed by atoms with Crippen LogP contribution in [0.1, 0.15) is 63.2 Å². The van der Waals surface area contributed by atoms with E-state index in [1.807, 2.05) is 39.0 Å². The lowest BCUT2D eigenvalue weighted by Gasteiger charge is -2.20. The highest BCUT2D eigenvalue weighted by Gasteiger charge is 2.18. The smallest absolute Gasteiger partial charge is 0.270 e. The molecule has 0 bridgehead atoms. The van der Waals surface area contributed by atoms with Crippen molar-refractivity contribution in [3.8, 4) is 0 Å². The number of nitrogen functional groups attached to an aromatic ring is 1. The highest BCUT2D eigenvalue weighted by Crippen LogP contribution is 2.26. The minimum absolute atomic E-state index is 0.00399. The Labute approximate surface area is 166 Å². The molecule has 6 nitrogen and oxygen atoms in total. The van der Waals surface area contributed by atoms with Gasteiger partial charge in [-0.1, -0.05) is 32.9 Å². The van der Waals surface area contributed by atoms with Crippen LogP contribution in [0.5, 0.6) is 0 Å². The summed E-state index contributed by atoms with van der Waals surface area (Å²) in [4.78, 5) is 28.8. The fourth-order valence-corrected chi connectivity index (χ4v) is 2.64. The van der Waals surface area contributed by atoms with Gasteiger partial charge in [-0.3, -0.25) is 14.6 Å². The highest BCUT2D eigenvalue weighted by atomic mass is 16.2. The molecule has 0 aliphatic rings. The van der Waals surface area contributed by atoms with Gasteiger partial charge in [0.1, 0.15) is 5.69 Å². The molecule has 2 aromatic rings. The maximum atomic E-state index is 12.4. The van der Waals surface area contributed by atoms with Crippen molar-refractivity contribution < 1.29 is 9.59 Å². The van der Waals surface area contributed by atoms with Crippen LogP contribution in [-0.2, 0) is 16.6 Å². The van der Waals surface area contributed by atoms with Crippen LogP contribution in [0.15, 0.2) is 36.5 Å². The Balaban J connectivity index is 2.08. The standard InChI is InChI=1S/C22H30N4O2/c1-21(2,3)15-8-7-14(17(23)12-15)11-19(27)25-16-9-10-24-18(13-16)20(28)26-22(4,5)6/h7-10,12-13H,11,23H2,1-6H3,(H,26,28)(H,24,25,27). The molecule has 2 rings (SSSR count). The summed E-state index contributed by atoms with van der Waals surface area (Å²) in [5, 5.41) is 5.66. The van der Waals surface area contributed by atoms with Crippen LogP contribution in [0.25, 0.3) is 0 Å². The molecule has 4 N–H and O–H groups in total. The van der Waals surface area contributed by atoms with Gasteiger partial charge in [-0.2, -0.15) is 0 Å². The Morgan fingerprint density at radius 2 is 1.71 bits per heavy atom. The molecular formula is C22H30N4O2. The summed E-state index contributed by atoms with van der Waals surface area (Å²) in [6.07, 6.45) is 1.65. The number of hydrogen-bond acceptors (Lipinski definition) is 4. The molecule has 28 heavy (non-hydrogen) atoms. The number of pyridine rings is 1. The highest BCUT2D eigenvalue weighted by molar-refractivity contribution is 5.96. The number of amides is 2. The van der Waals surface area contributed by atoms with E-state index in [0.717, 1.165) is 11.1 Å². The fourth-order valence-electron chi connectivity index (χ4n) is 2.64. The number of hydrogen-bond donors (Lipinski definition) is 3. The SMILES string of the molecule is CC(C)(C)NC(=O)c1cc(NC(=O)Cc2ccc(C(C)(C)C)cc2N)ccn1. The quantitative estimate of drug-likeness (QED) is 0.703. The Bertz CT molecular complexity index is 877. The topological polar surface area (TPSA) is 97.1 Å². The van der Waals surface area contributed by atoms with E-state index in [-0.39, 0.29) is 34.9 Å². The Kier molecular flexibility index (Phi) is 6.12. The van der Waals surface area contributed by atoms with Crippen molar-refractivity contribution in [1.29, 1.82) is 0 Å². The molecule has 0 saturated carbocycles. The lowest BCUT2D eigenvalue weighted by molar-refractivity contribution is -0.115. The number of benzene rings is 1. The predicted molar refractivity (Wildman–Crippen MR) is 113 cm³/mol. The van der Waals surface area contributed by atoms with Gasteiger partial charge in [-0.25, -0.2) is 0 Å². The zero-order chi connectivity index (χ0) is 21.1. The lowest BCUT2D eigenvalue weighted by Crippen LogP contribution is -2.40. The second-order valence-electron chi connectivity index (χ2n) is 9.02. The molecule has 150 valence electrons. The number of nitrogens with one attached hydrogen (secondary N) is 2. The zero-order valence-electron chi connectivity index (χ0n) is 17.5. The predicted octanol–water partition coefficient (Wildman–Crippen LogP) is 3.67. The van der Waals surface area contributed by atoms with Crippen LogP contribution in [0.3, 0.4) is 0 Å². The van der Waals surface area contributed by atoms with Crippen molar-refractivity contribution in [2.45, 2.75) is 58.9 Å². The minimum atomic E-state index is -0.366. The van der Waals surface area contributed by atoms with Gasteiger partial charge in [0, 0.05) is 23.1 Å². The summed E-state index contributed by atoms with van der Waals surface area (Å²) in [5.41, 5.74) is 9.03. The summed E-state index contributed by atoms with van der Waals surface area (Å²) < 4.78 is 0. The molecule has 0 saturated heterocycles. The normalized spacial score (nSPS) is 11.8. The van der Waals surface area contributed by atoms with Crippen LogP contribution < -0.4 is 16.4 Å². The molecule has 0 aliphatic carbocycles. The van der Waals surface area contributed by atoms with E-state index in [1.165, 1.54) is 6.20 Å². The van der Waals surface area contributed by atoms with Crippen molar-refractivity contribution in [2.24, 2.45) is 0 Å². The molecular weight excluding hydrogens is 352 g/mol. The molecule has 0 aliphatic heterocycles. The first-order chi connectivity index (χ1) is 12.8. The third-order valence-corrected chi connectivity index (χ3v) is 4.13. The number of anilines is 2. The third-order valence-electron chi connectivity index (χ3n) is 4.13. The number of nitrogens with zero attached hydrogens (tertiary/aromatic N) is 1. The molecule has 1 heterocycles. The second kappa shape index (κ2) is 8.00. The number of carbonyl (C=O) groups is 2. The number of rotatable bonds is 4. The largest absolute Gasteiger partial charge is 0.398 e. The Morgan fingerprint density at radius 1 is 1.04 bits per heavy atom. The van der Waals surface area contributed by atoms with Gasteiger partial charge < -0.3 is 16.4 Å². The summed E-state index contributed by atoms with van der Waals surface area (Å²) >= 11 is 0. The average Bonchev–Trinajstić information content (AvgIpc) is 2.54. The molecule has 0 spiro atoms. The van der Waals surface area contributed by atoms with Crippen molar-refractivity contribution in [2.75, 3.05) is 11.1 Å². The fraction of sp³-hybridized carbons (Fsp3) is 0.409. The third kappa shape index (κ3) is 6.08. The van der Waals surface area contributed by atoms with Crippen LogP contribution in [-0.4, -0.2) is 22.3 Å². The van der Waals surface area contributed by atoms with Crippen molar-refractivity contribution >= 4 is 23.2 Å². The molecule has 0 fully saturated rings. The van der Waals surface area contributed by atoms with E-state index >= 15 is 0 Å². The van der Waals surface area contributed by atoms with Crippen LogP contribution in [0.2, 0.25) is 0 Å². The van der Waals surface area contributed by atoms with Gasteiger partial charge in [0.15, 0.2) is 0 Å². The van der Waals surface area contributed by atoms with E-state index < -0.39 is 0 Å². The summed E-state index contributed by atoms with van der Waals surface area (Å²) in [6, 6.07) is 9.03. The lowest BCUT2D eigenvalue weighted by atomic mass is 9.86. The van der Waals surface area contributed by atoms with Gasteiger partial charge in [-0.15, -0.1) is 0 Å². The monoisotopic (exact) mass is 382 g/mol. The van der Waals surface area contributed by atoms with Crippen molar-refractivity contribution in [3.05, 3.63) is 53.3 Å². The molecule has 6 heteroatoms. The van der Waals surface area contributed by atoms with Crippen molar-refractivity contribution in [1.82, 2.24) is 10.3 Å². The van der Waals surface area contributed by atoms with E-state index in [1.54, 1.807) is 12.1 Å².